The normalized spacial score (nSPS) is 37.8. The van der Waals surface area contributed by atoms with E-state index in [0.29, 0.717) is 17.6 Å². The lowest BCUT2D eigenvalue weighted by Crippen LogP contribution is -2.42. The third kappa shape index (κ3) is 1.86. The largest absolute Gasteiger partial charge is 0.553 e. The predicted molar refractivity (Wildman–Crippen MR) is 86.6 cm³/mol. The van der Waals surface area contributed by atoms with Crippen molar-refractivity contribution in [2.24, 2.45) is 17.3 Å². The van der Waals surface area contributed by atoms with Crippen LogP contribution in [0.25, 0.3) is 0 Å². The van der Waals surface area contributed by atoms with E-state index >= 15 is 0 Å². The van der Waals surface area contributed by atoms with Crippen LogP contribution >= 0.6 is 0 Å². The van der Waals surface area contributed by atoms with E-state index in [-0.39, 0.29) is 5.41 Å². The number of hydrogen-bond donors (Lipinski definition) is 0. The summed E-state index contributed by atoms with van der Waals surface area (Å²) in [5.41, 5.74) is 3.05. The molecule has 2 nitrogen and oxygen atoms in total. The molecule has 3 aliphatic carbocycles. The molecule has 0 radical (unpaired) electrons. The predicted octanol–water partition coefficient (Wildman–Crippen LogP) is 2.77. The highest BCUT2D eigenvalue weighted by Crippen LogP contribution is 2.59. The van der Waals surface area contributed by atoms with E-state index in [2.05, 4.69) is 25.1 Å². The molecule has 3 heteroatoms. The molecular weight excluding hydrogens is 276 g/mol. The van der Waals surface area contributed by atoms with Gasteiger partial charge in [-0.1, -0.05) is 13.0 Å². The molecule has 0 spiro atoms. The molecule has 2 fully saturated rings. The zero-order chi connectivity index (χ0) is 14.6. The van der Waals surface area contributed by atoms with Crippen molar-refractivity contribution in [3.8, 4) is 5.75 Å². The minimum absolute atomic E-state index is 0.00323. The molecule has 1 aromatic carbocycles. The highest BCUT2D eigenvalue weighted by Gasteiger charge is 2.54. The lowest BCUT2D eigenvalue weighted by molar-refractivity contribution is -0.129. The second-order valence-corrected chi connectivity index (χ2v) is 7.81. The van der Waals surface area contributed by atoms with E-state index in [9.17, 15) is 4.79 Å². The van der Waals surface area contributed by atoms with Gasteiger partial charge in [0.2, 0.25) is 10.5 Å². The molecule has 3 aliphatic rings. The van der Waals surface area contributed by atoms with Gasteiger partial charge in [0, 0.05) is 11.8 Å². The minimum Gasteiger partial charge on any atom is -0.553 e. The second-order valence-electron chi connectivity index (χ2n) is 7.40. The van der Waals surface area contributed by atoms with Crippen LogP contribution in [-0.4, -0.2) is 16.3 Å². The molecule has 2 saturated carbocycles. The van der Waals surface area contributed by atoms with Crippen molar-refractivity contribution < 1.29 is 9.22 Å². The van der Waals surface area contributed by atoms with Crippen LogP contribution in [0.15, 0.2) is 18.2 Å². The number of carbonyl (C=O) groups is 1. The van der Waals surface area contributed by atoms with Gasteiger partial charge in [0.15, 0.2) is 0 Å². The standard InChI is InChI=1S/C18H24O2Si/c1-18-9-8-14-13-5-3-12(20-21)10-11(13)2-4-15(14)16(18)6-7-17(18)19/h3,5,10,14-16H,2,4,6-9H2,1,21H3/t14-,15-,16+,18+/m1/s1. The van der Waals surface area contributed by atoms with Crippen LogP contribution in [0.1, 0.15) is 56.1 Å². The first kappa shape index (κ1) is 13.6. The molecule has 0 heterocycles. The molecule has 0 bridgehead atoms. The summed E-state index contributed by atoms with van der Waals surface area (Å²) in [4.78, 5) is 12.3. The smallest absolute Gasteiger partial charge is 0.204 e. The van der Waals surface area contributed by atoms with Gasteiger partial charge in [-0.3, -0.25) is 4.79 Å². The van der Waals surface area contributed by atoms with Crippen LogP contribution in [-0.2, 0) is 11.2 Å². The third-order valence-corrected chi connectivity index (χ3v) is 7.11. The number of hydrogen-bond acceptors (Lipinski definition) is 2. The van der Waals surface area contributed by atoms with Gasteiger partial charge < -0.3 is 4.43 Å². The average Bonchev–Trinajstić information content (AvgIpc) is 2.82. The van der Waals surface area contributed by atoms with Crippen LogP contribution in [0, 0.1) is 17.3 Å². The Morgan fingerprint density at radius 3 is 2.90 bits per heavy atom. The van der Waals surface area contributed by atoms with Gasteiger partial charge >= 0.3 is 0 Å². The topological polar surface area (TPSA) is 26.3 Å². The summed E-state index contributed by atoms with van der Waals surface area (Å²) < 4.78 is 5.51. The maximum atomic E-state index is 12.3. The number of Topliss-reactive ketones (excluding diaryl/α,β-unsaturated/α-hetero) is 1. The molecule has 21 heavy (non-hydrogen) atoms. The van der Waals surface area contributed by atoms with Gasteiger partial charge in [-0.25, -0.2) is 0 Å². The molecule has 0 aliphatic heterocycles. The quantitative estimate of drug-likeness (QED) is 0.746. The zero-order valence-electron chi connectivity index (χ0n) is 13.0. The Labute approximate surface area is 129 Å². The van der Waals surface area contributed by atoms with E-state index in [0.717, 1.165) is 47.8 Å². The molecule has 0 unspecified atom stereocenters. The fourth-order valence-corrected chi connectivity index (χ4v) is 5.71. The zero-order valence-corrected chi connectivity index (χ0v) is 15.0. The van der Waals surface area contributed by atoms with Crippen molar-refractivity contribution in [2.45, 2.75) is 51.4 Å². The molecule has 0 N–H and O–H groups in total. The van der Waals surface area contributed by atoms with Gasteiger partial charge in [0.05, 0.1) is 0 Å². The number of aryl methyl sites for hydroxylation is 1. The average molecular weight is 300 g/mol. The number of rotatable bonds is 1. The summed E-state index contributed by atoms with van der Waals surface area (Å²) in [6.45, 7) is 2.25. The number of benzene rings is 1. The van der Waals surface area contributed by atoms with Crippen molar-refractivity contribution in [1.29, 1.82) is 0 Å². The van der Waals surface area contributed by atoms with E-state index in [1.54, 1.807) is 5.56 Å². The molecule has 4 atom stereocenters. The molecule has 4 rings (SSSR count). The van der Waals surface area contributed by atoms with Gasteiger partial charge in [-0.2, -0.15) is 0 Å². The van der Waals surface area contributed by atoms with Crippen LogP contribution in [0.3, 0.4) is 0 Å². The van der Waals surface area contributed by atoms with Gasteiger partial charge in [-0.15, -0.1) is 0 Å². The fourth-order valence-electron chi connectivity index (χ4n) is 5.46. The monoisotopic (exact) mass is 300 g/mol. The summed E-state index contributed by atoms with van der Waals surface area (Å²) >= 11 is 0. The fraction of sp³-hybridized carbons (Fsp3) is 0.611. The molecule has 1 aromatic rings. The second kappa shape index (κ2) is 4.70. The lowest BCUT2D eigenvalue weighted by atomic mass is 9.55. The summed E-state index contributed by atoms with van der Waals surface area (Å²) in [6.07, 6.45) is 6.66. The van der Waals surface area contributed by atoms with Crippen molar-refractivity contribution >= 4 is 16.3 Å². The van der Waals surface area contributed by atoms with Gasteiger partial charge in [0.25, 0.3) is 0 Å². The van der Waals surface area contributed by atoms with Gasteiger partial charge in [-0.05, 0) is 73.1 Å². The first-order valence-electron chi connectivity index (χ1n) is 8.33. The lowest BCUT2D eigenvalue weighted by Gasteiger charge is -2.48. The number of carbonyl (C=O) groups excluding carboxylic acids is 1. The molecule has 112 valence electrons. The summed E-state index contributed by atoms with van der Waals surface area (Å²) in [6, 6.07) is 6.70. The first-order valence-corrected chi connectivity index (χ1v) is 9.15. The minimum atomic E-state index is -0.00323. The number of fused-ring (bicyclic) bond motifs is 5. The van der Waals surface area contributed by atoms with Gasteiger partial charge in [0.1, 0.15) is 11.5 Å². The van der Waals surface area contributed by atoms with Crippen molar-refractivity contribution in [3.63, 3.8) is 0 Å². The van der Waals surface area contributed by atoms with Crippen molar-refractivity contribution in [3.05, 3.63) is 29.3 Å². The SMILES string of the molecule is C[C@]12CC[C@@H]3c4ccc(O[SiH3])cc4CC[C@H]3[C@@H]1CCC2=O. The van der Waals surface area contributed by atoms with Crippen LogP contribution in [0.5, 0.6) is 5.75 Å². The summed E-state index contributed by atoms with van der Waals surface area (Å²) in [5, 5.41) is 0. The Morgan fingerprint density at radius 1 is 1.24 bits per heavy atom. The Morgan fingerprint density at radius 2 is 2.10 bits per heavy atom. The number of ketones is 1. The molecule has 0 amide bonds. The van der Waals surface area contributed by atoms with E-state index in [1.807, 2.05) is 0 Å². The first-order chi connectivity index (χ1) is 10.1. The van der Waals surface area contributed by atoms with Crippen molar-refractivity contribution in [2.75, 3.05) is 0 Å². The Bertz CT molecular complexity index is 597. The summed E-state index contributed by atoms with van der Waals surface area (Å²) in [7, 11) is 0.756. The van der Waals surface area contributed by atoms with Crippen LogP contribution in [0.2, 0.25) is 0 Å². The summed E-state index contributed by atoms with van der Waals surface area (Å²) in [5.74, 6) is 3.62. The highest BCUT2D eigenvalue weighted by molar-refractivity contribution is 5.99. The molecule has 0 aromatic heterocycles. The Kier molecular flexibility index (Phi) is 3.04. The van der Waals surface area contributed by atoms with Crippen molar-refractivity contribution in [1.82, 2.24) is 0 Å². The molecular formula is C18H24O2Si. The Hall–Kier alpha value is -1.09. The highest BCUT2D eigenvalue weighted by atomic mass is 28.2. The maximum absolute atomic E-state index is 12.3. The van der Waals surface area contributed by atoms with E-state index in [1.165, 1.54) is 18.4 Å². The van der Waals surface area contributed by atoms with Crippen LogP contribution in [0.4, 0.5) is 0 Å². The van der Waals surface area contributed by atoms with E-state index < -0.39 is 0 Å². The Balaban J connectivity index is 1.70. The maximum Gasteiger partial charge on any atom is 0.204 e. The van der Waals surface area contributed by atoms with Crippen LogP contribution < -0.4 is 4.43 Å². The molecule has 0 saturated heterocycles. The van der Waals surface area contributed by atoms with E-state index in [4.69, 9.17) is 4.43 Å². The third-order valence-electron chi connectivity index (χ3n) is 6.64.